The van der Waals surface area contributed by atoms with Gasteiger partial charge in [-0.3, -0.25) is 4.79 Å². The van der Waals surface area contributed by atoms with Crippen molar-refractivity contribution in [2.75, 3.05) is 19.5 Å². The van der Waals surface area contributed by atoms with Crippen molar-refractivity contribution in [3.63, 3.8) is 0 Å². The van der Waals surface area contributed by atoms with Gasteiger partial charge in [0.2, 0.25) is 0 Å². The van der Waals surface area contributed by atoms with E-state index < -0.39 is 0 Å². The number of carbonyl (C=O) groups excluding carboxylic acids is 1. The highest BCUT2D eigenvalue weighted by Gasteiger charge is 2.09. The molecule has 140 valence electrons. The molecule has 1 N–H and O–H groups in total. The van der Waals surface area contributed by atoms with Crippen molar-refractivity contribution >= 4 is 34.7 Å². The van der Waals surface area contributed by atoms with Crippen LogP contribution in [-0.2, 0) is 5.75 Å². The second-order valence-electron chi connectivity index (χ2n) is 5.73. The number of ether oxygens (including phenoxy) is 2. The van der Waals surface area contributed by atoms with E-state index in [9.17, 15) is 4.79 Å². The van der Waals surface area contributed by atoms with Crippen LogP contribution < -0.4 is 14.8 Å². The van der Waals surface area contributed by atoms with Gasteiger partial charge in [0.25, 0.3) is 5.91 Å². The lowest BCUT2D eigenvalue weighted by Gasteiger charge is -2.10. The van der Waals surface area contributed by atoms with Crippen LogP contribution in [0.25, 0.3) is 0 Å². The summed E-state index contributed by atoms with van der Waals surface area (Å²) in [6.45, 7) is 2.00. The first-order valence-corrected chi connectivity index (χ1v) is 10.1. The minimum atomic E-state index is -0.183. The third kappa shape index (κ3) is 5.24. The number of hydrogen-bond acceptors (Lipinski definition) is 6. The summed E-state index contributed by atoms with van der Waals surface area (Å²) in [5, 5.41) is 6.03. The van der Waals surface area contributed by atoms with Gasteiger partial charge in [0.05, 0.1) is 24.9 Å². The van der Waals surface area contributed by atoms with Crippen LogP contribution in [0.4, 0.5) is 5.69 Å². The van der Waals surface area contributed by atoms with Gasteiger partial charge in [-0.25, -0.2) is 4.98 Å². The summed E-state index contributed by atoms with van der Waals surface area (Å²) >= 11 is 3.36. The number of aryl methyl sites for hydroxylation is 1. The molecule has 0 aliphatic rings. The van der Waals surface area contributed by atoms with Crippen molar-refractivity contribution in [1.82, 2.24) is 4.98 Å². The molecule has 0 saturated carbocycles. The Balaban J connectivity index is 1.63. The van der Waals surface area contributed by atoms with Gasteiger partial charge < -0.3 is 14.8 Å². The van der Waals surface area contributed by atoms with Gasteiger partial charge in [-0.15, -0.1) is 23.1 Å². The SMILES string of the molecule is COc1cc(NC(=O)c2ccc(SCc3csc(C)n3)cc2)cc(OC)c1. The summed E-state index contributed by atoms with van der Waals surface area (Å²) < 4.78 is 10.5. The zero-order valence-corrected chi connectivity index (χ0v) is 16.9. The van der Waals surface area contributed by atoms with E-state index in [-0.39, 0.29) is 5.91 Å². The molecular formula is C20H20N2O3S2. The topological polar surface area (TPSA) is 60.5 Å². The number of nitrogens with zero attached hydrogens (tertiary/aromatic N) is 1. The van der Waals surface area contributed by atoms with Gasteiger partial charge in [0.15, 0.2) is 0 Å². The number of amides is 1. The van der Waals surface area contributed by atoms with Crippen LogP contribution in [0.15, 0.2) is 52.7 Å². The zero-order valence-electron chi connectivity index (χ0n) is 15.3. The van der Waals surface area contributed by atoms with E-state index in [2.05, 4.69) is 15.7 Å². The predicted octanol–water partition coefficient (Wildman–Crippen LogP) is 5.01. The maximum absolute atomic E-state index is 12.5. The average molecular weight is 401 g/mol. The van der Waals surface area contributed by atoms with Crippen LogP contribution in [0.2, 0.25) is 0 Å². The lowest BCUT2D eigenvalue weighted by atomic mass is 10.2. The van der Waals surface area contributed by atoms with Crippen LogP contribution in [-0.4, -0.2) is 25.1 Å². The van der Waals surface area contributed by atoms with Gasteiger partial charge >= 0.3 is 0 Å². The molecule has 5 nitrogen and oxygen atoms in total. The van der Waals surface area contributed by atoms with E-state index >= 15 is 0 Å². The minimum absolute atomic E-state index is 0.183. The number of methoxy groups -OCH3 is 2. The molecule has 2 aromatic carbocycles. The third-order valence-electron chi connectivity index (χ3n) is 3.78. The first-order chi connectivity index (χ1) is 13.1. The number of nitrogens with one attached hydrogen (secondary N) is 1. The van der Waals surface area contributed by atoms with E-state index in [4.69, 9.17) is 9.47 Å². The Morgan fingerprint density at radius 2 is 1.78 bits per heavy atom. The number of benzene rings is 2. The quantitative estimate of drug-likeness (QED) is 0.565. The summed E-state index contributed by atoms with van der Waals surface area (Å²) in [4.78, 5) is 18.1. The number of thiazole rings is 1. The Kier molecular flexibility index (Phi) is 6.36. The van der Waals surface area contributed by atoms with Crippen molar-refractivity contribution in [1.29, 1.82) is 0 Å². The maximum Gasteiger partial charge on any atom is 0.255 e. The number of aromatic nitrogens is 1. The molecule has 0 bridgehead atoms. The third-order valence-corrected chi connectivity index (χ3v) is 5.65. The Bertz CT molecular complexity index is 901. The van der Waals surface area contributed by atoms with E-state index in [1.807, 2.05) is 31.2 Å². The van der Waals surface area contributed by atoms with Crippen LogP contribution in [0.5, 0.6) is 11.5 Å². The fraction of sp³-hybridized carbons (Fsp3) is 0.200. The monoisotopic (exact) mass is 400 g/mol. The molecule has 3 rings (SSSR count). The number of rotatable bonds is 7. The van der Waals surface area contributed by atoms with Crippen molar-refractivity contribution in [2.24, 2.45) is 0 Å². The second-order valence-corrected chi connectivity index (χ2v) is 7.84. The van der Waals surface area contributed by atoms with Gasteiger partial charge in [-0.05, 0) is 31.2 Å². The largest absolute Gasteiger partial charge is 0.497 e. The average Bonchev–Trinajstić information content (AvgIpc) is 3.11. The normalized spacial score (nSPS) is 10.5. The molecule has 7 heteroatoms. The van der Waals surface area contributed by atoms with Crippen molar-refractivity contribution < 1.29 is 14.3 Å². The molecular weight excluding hydrogens is 380 g/mol. The molecule has 0 unspecified atom stereocenters. The molecule has 0 spiro atoms. The Morgan fingerprint density at radius 3 is 2.33 bits per heavy atom. The minimum Gasteiger partial charge on any atom is -0.497 e. The number of carbonyl (C=O) groups is 1. The van der Waals surface area contributed by atoms with Crippen molar-refractivity contribution in [3.8, 4) is 11.5 Å². The maximum atomic E-state index is 12.5. The van der Waals surface area contributed by atoms with Crippen molar-refractivity contribution in [3.05, 3.63) is 64.1 Å². The molecule has 1 heterocycles. The summed E-state index contributed by atoms with van der Waals surface area (Å²) in [6, 6.07) is 12.8. The highest BCUT2D eigenvalue weighted by Crippen LogP contribution is 2.27. The van der Waals surface area contributed by atoms with E-state index in [0.717, 1.165) is 21.3 Å². The molecule has 0 atom stereocenters. The first kappa shape index (κ1) is 19.3. The number of thioether (sulfide) groups is 1. The lowest BCUT2D eigenvalue weighted by molar-refractivity contribution is 0.102. The Labute approximate surface area is 166 Å². The van der Waals surface area contributed by atoms with E-state index in [1.165, 1.54) is 0 Å². The molecule has 27 heavy (non-hydrogen) atoms. The number of hydrogen-bond donors (Lipinski definition) is 1. The molecule has 1 aromatic heterocycles. The van der Waals surface area contributed by atoms with Crippen LogP contribution in [0.3, 0.4) is 0 Å². The highest BCUT2D eigenvalue weighted by atomic mass is 32.2. The molecule has 0 saturated heterocycles. The Morgan fingerprint density at radius 1 is 1.11 bits per heavy atom. The van der Waals surface area contributed by atoms with Crippen LogP contribution >= 0.6 is 23.1 Å². The predicted molar refractivity (Wildman–Crippen MR) is 110 cm³/mol. The molecule has 3 aromatic rings. The summed E-state index contributed by atoms with van der Waals surface area (Å²) in [7, 11) is 3.15. The molecule has 1 amide bonds. The van der Waals surface area contributed by atoms with Crippen LogP contribution in [0.1, 0.15) is 21.1 Å². The zero-order chi connectivity index (χ0) is 19.2. The standard InChI is InChI=1S/C20H20N2O3S2/c1-13-21-16(11-26-13)12-27-19-6-4-14(5-7-19)20(23)22-15-8-17(24-2)10-18(9-15)25-3/h4-11H,12H2,1-3H3,(H,22,23). The van der Waals surface area contributed by atoms with Gasteiger partial charge in [0, 0.05) is 45.5 Å². The fourth-order valence-electron chi connectivity index (χ4n) is 2.42. The molecule has 0 aliphatic heterocycles. The highest BCUT2D eigenvalue weighted by molar-refractivity contribution is 7.98. The second kappa shape index (κ2) is 8.92. The molecule has 0 fully saturated rings. The summed E-state index contributed by atoms with van der Waals surface area (Å²) in [5.74, 6) is 1.87. The van der Waals surface area contributed by atoms with Crippen molar-refractivity contribution in [2.45, 2.75) is 17.6 Å². The summed E-state index contributed by atoms with van der Waals surface area (Å²) in [6.07, 6.45) is 0. The number of anilines is 1. The Hall–Kier alpha value is -2.51. The van der Waals surface area contributed by atoms with Crippen LogP contribution in [0, 0.1) is 6.92 Å². The van der Waals surface area contributed by atoms with Gasteiger partial charge in [-0.2, -0.15) is 0 Å². The molecule has 0 radical (unpaired) electrons. The molecule has 0 aliphatic carbocycles. The van der Waals surface area contributed by atoms with Gasteiger partial charge in [-0.1, -0.05) is 0 Å². The van der Waals surface area contributed by atoms with Gasteiger partial charge in [0.1, 0.15) is 11.5 Å². The lowest BCUT2D eigenvalue weighted by Crippen LogP contribution is -2.11. The summed E-state index contributed by atoms with van der Waals surface area (Å²) in [5.41, 5.74) is 2.29. The smallest absolute Gasteiger partial charge is 0.255 e. The first-order valence-electron chi connectivity index (χ1n) is 8.25. The van der Waals surface area contributed by atoms with E-state index in [0.29, 0.717) is 22.7 Å². The van der Waals surface area contributed by atoms with E-state index in [1.54, 1.807) is 55.5 Å². The fourth-order valence-corrected chi connectivity index (χ4v) is 3.93.